The first-order valence-corrected chi connectivity index (χ1v) is 6.51. The second-order valence-corrected chi connectivity index (χ2v) is 6.13. The van der Waals surface area contributed by atoms with Gasteiger partial charge in [-0.3, -0.25) is 14.4 Å². The Morgan fingerprint density at radius 2 is 1.89 bits per heavy atom. The highest BCUT2D eigenvalue weighted by atomic mass is 16.2. The first-order valence-electron chi connectivity index (χ1n) is 6.51. The van der Waals surface area contributed by atoms with E-state index in [1.54, 1.807) is 20.8 Å². The summed E-state index contributed by atoms with van der Waals surface area (Å²) in [7, 11) is 0. The van der Waals surface area contributed by atoms with Gasteiger partial charge in [-0.05, 0) is 12.3 Å². The van der Waals surface area contributed by atoms with E-state index in [2.05, 4.69) is 5.32 Å². The molecule has 6 heteroatoms. The maximum atomic E-state index is 12.0. The first-order chi connectivity index (χ1) is 8.64. The van der Waals surface area contributed by atoms with Crippen LogP contribution in [0.25, 0.3) is 0 Å². The van der Waals surface area contributed by atoms with Crippen molar-refractivity contribution in [2.75, 3.05) is 13.1 Å². The Kier molecular flexibility index (Phi) is 4.55. The van der Waals surface area contributed by atoms with Crippen LogP contribution in [-0.4, -0.2) is 41.8 Å². The van der Waals surface area contributed by atoms with Crippen molar-refractivity contribution in [2.45, 2.75) is 40.2 Å². The van der Waals surface area contributed by atoms with Crippen molar-refractivity contribution in [3.8, 4) is 0 Å². The summed E-state index contributed by atoms with van der Waals surface area (Å²) >= 11 is 0. The zero-order valence-electron chi connectivity index (χ0n) is 12.0. The van der Waals surface area contributed by atoms with E-state index in [1.807, 2.05) is 6.92 Å². The quantitative estimate of drug-likeness (QED) is 0.747. The average molecular weight is 269 g/mol. The molecule has 0 aromatic rings. The van der Waals surface area contributed by atoms with Gasteiger partial charge >= 0.3 is 0 Å². The van der Waals surface area contributed by atoms with Gasteiger partial charge in [0.2, 0.25) is 17.7 Å². The highest BCUT2D eigenvalue weighted by molar-refractivity contribution is 5.91. The minimum absolute atomic E-state index is 0.0692. The fourth-order valence-corrected chi connectivity index (χ4v) is 2.18. The third kappa shape index (κ3) is 3.68. The molecule has 0 spiro atoms. The second kappa shape index (κ2) is 5.59. The van der Waals surface area contributed by atoms with Gasteiger partial charge in [0.15, 0.2) is 0 Å². The molecule has 1 aliphatic heterocycles. The Bertz CT molecular complexity index is 387. The van der Waals surface area contributed by atoms with E-state index in [1.165, 1.54) is 4.90 Å². The van der Waals surface area contributed by atoms with Crippen molar-refractivity contribution < 1.29 is 14.4 Å². The molecule has 3 N–H and O–H groups in total. The largest absolute Gasteiger partial charge is 0.368 e. The third-order valence-electron chi connectivity index (χ3n) is 3.39. The molecular formula is C13H23N3O3. The molecule has 1 heterocycles. The van der Waals surface area contributed by atoms with E-state index < -0.39 is 17.4 Å². The fraction of sp³-hybridized carbons (Fsp3) is 0.769. The van der Waals surface area contributed by atoms with Crippen LogP contribution in [0.15, 0.2) is 0 Å². The molecule has 0 aromatic heterocycles. The molecule has 0 aliphatic carbocycles. The number of likely N-dealkylation sites (tertiary alicyclic amines) is 1. The average Bonchev–Trinajstić information content (AvgIpc) is 2.66. The van der Waals surface area contributed by atoms with Crippen LogP contribution in [0.4, 0.5) is 0 Å². The van der Waals surface area contributed by atoms with E-state index in [0.717, 1.165) is 6.42 Å². The lowest BCUT2D eigenvalue weighted by molar-refractivity contribution is -0.139. The van der Waals surface area contributed by atoms with E-state index in [4.69, 9.17) is 5.73 Å². The standard InChI is InChI=1S/C13H23N3O3/c1-8-5-6-16(10(8)11(14)18)9(17)7-15-12(19)13(2,3)4/h8,10H,5-7H2,1-4H3,(H2,14,18)(H,15,19)/t8-,10-/m0/s1. The maximum Gasteiger partial charge on any atom is 0.242 e. The van der Waals surface area contributed by atoms with Crippen molar-refractivity contribution >= 4 is 17.7 Å². The number of nitrogens with zero attached hydrogens (tertiary/aromatic N) is 1. The number of rotatable bonds is 3. The van der Waals surface area contributed by atoms with Gasteiger partial charge < -0.3 is 16.0 Å². The Morgan fingerprint density at radius 3 is 2.37 bits per heavy atom. The van der Waals surface area contributed by atoms with Crippen molar-refractivity contribution in [1.82, 2.24) is 10.2 Å². The molecular weight excluding hydrogens is 246 g/mol. The van der Waals surface area contributed by atoms with Crippen LogP contribution in [0.3, 0.4) is 0 Å². The summed E-state index contributed by atoms with van der Waals surface area (Å²) in [6.07, 6.45) is 0.757. The van der Waals surface area contributed by atoms with Gasteiger partial charge in [0.05, 0.1) is 6.54 Å². The summed E-state index contributed by atoms with van der Waals surface area (Å²) < 4.78 is 0. The number of hydrogen-bond donors (Lipinski definition) is 2. The number of carbonyl (C=O) groups is 3. The van der Waals surface area contributed by atoms with Gasteiger partial charge in [-0.15, -0.1) is 0 Å². The number of hydrogen-bond acceptors (Lipinski definition) is 3. The third-order valence-corrected chi connectivity index (χ3v) is 3.39. The SMILES string of the molecule is C[C@H]1CCN(C(=O)CNC(=O)C(C)(C)C)[C@@H]1C(N)=O. The van der Waals surface area contributed by atoms with Gasteiger partial charge in [0.25, 0.3) is 0 Å². The van der Waals surface area contributed by atoms with Crippen molar-refractivity contribution in [3.05, 3.63) is 0 Å². The summed E-state index contributed by atoms with van der Waals surface area (Å²) in [5.74, 6) is -0.866. The first kappa shape index (κ1) is 15.5. The Labute approximate surface area is 113 Å². The number of nitrogens with two attached hydrogens (primary N) is 1. The minimum atomic E-state index is -0.556. The highest BCUT2D eigenvalue weighted by Gasteiger charge is 2.38. The predicted octanol–water partition coefficient (Wildman–Crippen LogP) is -0.129. The number of primary amides is 1. The lowest BCUT2D eigenvalue weighted by Crippen LogP contribution is -2.50. The van der Waals surface area contributed by atoms with Crippen LogP contribution >= 0.6 is 0 Å². The van der Waals surface area contributed by atoms with Crippen molar-refractivity contribution in [2.24, 2.45) is 17.1 Å². The number of carbonyl (C=O) groups excluding carboxylic acids is 3. The smallest absolute Gasteiger partial charge is 0.242 e. The van der Waals surface area contributed by atoms with Crippen molar-refractivity contribution in [1.29, 1.82) is 0 Å². The van der Waals surface area contributed by atoms with Gasteiger partial charge in [-0.25, -0.2) is 0 Å². The molecule has 0 unspecified atom stereocenters. The van der Waals surface area contributed by atoms with Crippen LogP contribution in [0.1, 0.15) is 34.1 Å². The van der Waals surface area contributed by atoms with Crippen LogP contribution in [0.2, 0.25) is 0 Å². The summed E-state index contributed by atoms with van der Waals surface area (Å²) in [6.45, 7) is 7.65. The zero-order valence-corrected chi connectivity index (χ0v) is 12.0. The van der Waals surface area contributed by atoms with Crippen LogP contribution in [0, 0.1) is 11.3 Å². The maximum absolute atomic E-state index is 12.0. The van der Waals surface area contributed by atoms with Gasteiger partial charge in [-0.2, -0.15) is 0 Å². The highest BCUT2D eigenvalue weighted by Crippen LogP contribution is 2.23. The van der Waals surface area contributed by atoms with E-state index in [9.17, 15) is 14.4 Å². The zero-order chi connectivity index (χ0) is 14.8. The number of amides is 3. The molecule has 6 nitrogen and oxygen atoms in total. The summed E-state index contributed by atoms with van der Waals surface area (Å²) in [5, 5.41) is 2.59. The molecule has 0 bridgehead atoms. The lowest BCUT2D eigenvalue weighted by atomic mass is 9.96. The van der Waals surface area contributed by atoms with Gasteiger partial charge in [0, 0.05) is 12.0 Å². The molecule has 108 valence electrons. The molecule has 19 heavy (non-hydrogen) atoms. The Hall–Kier alpha value is -1.59. The molecule has 1 aliphatic rings. The fourth-order valence-electron chi connectivity index (χ4n) is 2.18. The second-order valence-electron chi connectivity index (χ2n) is 6.13. The molecule has 2 atom stereocenters. The summed E-state index contributed by atoms with van der Waals surface area (Å²) in [5.41, 5.74) is 4.78. The minimum Gasteiger partial charge on any atom is -0.368 e. The van der Waals surface area contributed by atoms with Crippen LogP contribution < -0.4 is 11.1 Å². The monoisotopic (exact) mass is 269 g/mol. The lowest BCUT2D eigenvalue weighted by Gasteiger charge is -2.25. The van der Waals surface area contributed by atoms with Gasteiger partial charge in [0.1, 0.15) is 6.04 Å². The Balaban J connectivity index is 2.59. The van der Waals surface area contributed by atoms with Crippen molar-refractivity contribution in [3.63, 3.8) is 0 Å². The molecule has 1 fully saturated rings. The Morgan fingerprint density at radius 1 is 1.32 bits per heavy atom. The molecule has 1 rings (SSSR count). The molecule has 0 aromatic carbocycles. The predicted molar refractivity (Wildman–Crippen MR) is 70.9 cm³/mol. The normalized spacial score (nSPS) is 23.3. The topological polar surface area (TPSA) is 92.5 Å². The molecule has 3 amide bonds. The summed E-state index contributed by atoms with van der Waals surface area (Å²) in [6, 6.07) is -0.556. The number of nitrogens with one attached hydrogen (secondary N) is 1. The van der Waals surface area contributed by atoms with E-state index >= 15 is 0 Å². The van der Waals surface area contributed by atoms with Crippen LogP contribution in [-0.2, 0) is 14.4 Å². The molecule has 1 saturated heterocycles. The van der Waals surface area contributed by atoms with Crippen LogP contribution in [0.5, 0.6) is 0 Å². The molecule has 0 saturated carbocycles. The molecule has 0 radical (unpaired) electrons. The van der Waals surface area contributed by atoms with Gasteiger partial charge in [-0.1, -0.05) is 27.7 Å². The van der Waals surface area contributed by atoms with E-state index in [-0.39, 0.29) is 24.3 Å². The summed E-state index contributed by atoms with van der Waals surface area (Å²) in [4.78, 5) is 36.6. The van der Waals surface area contributed by atoms with E-state index in [0.29, 0.717) is 6.54 Å².